The minimum atomic E-state index is -0.0150. The quantitative estimate of drug-likeness (QED) is 0.729. The van der Waals surface area contributed by atoms with Crippen LogP contribution in [0.3, 0.4) is 0 Å². The molecule has 0 aliphatic carbocycles. The van der Waals surface area contributed by atoms with Crippen LogP contribution in [0.5, 0.6) is 0 Å². The number of hydrogen-bond donors (Lipinski definition) is 0. The highest BCUT2D eigenvalue weighted by molar-refractivity contribution is 5.92. The van der Waals surface area contributed by atoms with Gasteiger partial charge in [-0.05, 0) is 49.8 Å². The fourth-order valence-electron chi connectivity index (χ4n) is 3.64. The zero-order valence-electron chi connectivity index (χ0n) is 14.9. The largest absolute Gasteiger partial charge is 0.337 e. The van der Waals surface area contributed by atoms with Crippen LogP contribution in [-0.4, -0.2) is 38.8 Å². The first-order valence-electron chi connectivity index (χ1n) is 9.10. The maximum atomic E-state index is 12.7. The number of carbonyl (C=O) groups excluding carboxylic acids is 1. The second-order valence-corrected chi connectivity index (χ2v) is 7.04. The highest BCUT2D eigenvalue weighted by Crippen LogP contribution is 2.23. The number of piperidine rings is 1. The first kappa shape index (κ1) is 16.6. The molecule has 4 rings (SSSR count). The Morgan fingerprint density at radius 2 is 2.04 bits per heavy atom. The Morgan fingerprint density at radius 3 is 2.88 bits per heavy atom. The molecule has 1 atom stereocenters. The monoisotopic (exact) mass is 346 g/mol. The number of carbonyl (C=O) groups is 1. The van der Waals surface area contributed by atoms with E-state index in [9.17, 15) is 4.79 Å². The van der Waals surface area contributed by atoms with E-state index in [2.05, 4.69) is 27.1 Å². The van der Waals surface area contributed by atoms with Gasteiger partial charge in [0.1, 0.15) is 5.69 Å². The van der Waals surface area contributed by atoms with Crippen molar-refractivity contribution in [3.05, 3.63) is 65.9 Å². The molecule has 1 aliphatic rings. The predicted molar refractivity (Wildman–Crippen MR) is 101 cm³/mol. The molecule has 0 saturated carbocycles. The maximum Gasteiger partial charge on any atom is 0.274 e. The number of aryl methyl sites for hydroxylation is 1. The minimum Gasteiger partial charge on any atom is -0.337 e. The smallest absolute Gasteiger partial charge is 0.274 e. The standard InChI is InChI=1S/C21H22N4O/c1-15-11-23-20(13-22-15)21(26)25-8-4-5-16(14-25)9-17-10-18-6-2-3-7-19(18)24-12-17/h2-3,6-7,10-13,16H,4-5,8-9,14H2,1H3. The van der Waals surface area contributed by atoms with Gasteiger partial charge in [0, 0.05) is 30.9 Å². The van der Waals surface area contributed by atoms with Crippen LogP contribution in [0.4, 0.5) is 0 Å². The van der Waals surface area contributed by atoms with Gasteiger partial charge in [0.2, 0.25) is 0 Å². The van der Waals surface area contributed by atoms with E-state index in [1.807, 2.05) is 36.2 Å². The van der Waals surface area contributed by atoms with E-state index >= 15 is 0 Å². The van der Waals surface area contributed by atoms with E-state index in [4.69, 9.17) is 0 Å². The Morgan fingerprint density at radius 1 is 1.15 bits per heavy atom. The second-order valence-electron chi connectivity index (χ2n) is 7.04. The number of amides is 1. The van der Waals surface area contributed by atoms with Crippen LogP contribution in [0.2, 0.25) is 0 Å². The topological polar surface area (TPSA) is 59.0 Å². The Labute approximate surface area is 153 Å². The fourth-order valence-corrected chi connectivity index (χ4v) is 3.64. The summed E-state index contributed by atoms with van der Waals surface area (Å²) in [6.07, 6.45) is 8.30. The SMILES string of the molecule is Cc1cnc(C(=O)N2CCCC(Cc3cnc4ccccc4c3)C2)cn1. The first-order chi connectivity index (χ1) is 12.7. The van der Waals surface area contributed by atoms with Crippen molar-refractivity contribution in [3.8, 4) is 0 Å². The van der Waals surface area contributed by atoms with Gasteiger partial charge in [-0.25, -0.2) is 4.98 Å². The molecular weight excluding hydrogens is 324 g/mol. The lowest BCUT2D eigenvalue weighted by Crippen LogP contribution is -2.40. The molecule has 1 aromatic carbocycles. The van der Waals surface area contributed by atoms with Crippen molar-refractivity contribution >= 4 is 16.8 Å². The van der Waals surface area contributed by atoms with Crippen LogP contribution in [-0.2, 0) is 6.42 Å². The van der Waals surface area contributed by atoms with Crippen molar-refractivity contribution in [1.82, 2.24) is 19.9 Å². The summed E-state index contributed by atoms with van der Waals surface area (Å²) in [7, 11) is 0. The van der Waals surface area contributed by atoms with Gasteiger partial charge in [-0.3, -0.25) is 14.8 Å². The molecule has 1 unspecified atom stereocenters. The van der Waals surface area contributed by atoms with E-state index < -0.39 is 0 Å². The van der Waals surface area contributed by atoms with Gasteiger partial charge >= 0.3 is 0 Å². The summed E-state index contributed by atoms with van der Waals surface area (Å²) >= 11 is 0. The first-order valence-corrected chi connectivity index (χ1v) is 9.10. The van der Waals surface area contributed by atoms with Gasteiger partial charge in [-0.15, -0.1) is 0 Å². The van der Waals surface area contributed by atoms with Crippen molar-refractivity contribution in [2.45, 2.75) is 26.2 Å². The van der Waals surface area contributed by atoms with Crippen LogP contribution in [0.25, 0.3) is 10.9 Å². The molecule has 0 spiro atoms. The van der Waals surface area contributed by atoms with E-state index in [0.29, 0.717) is 11.6 Å². The summed E-state index contributed by atoms with van der Waals surface area (Å²) in [5.74, 6) is 0.438. The summed E-state index contributed by atoms with van der Waals surface area (Å²) in [4.78, 5) is 27.6. The minimum absolute atomic E-state index is 0.0150. The van der Waals surface area contributed by atoms with Crippen LogP contribution in [0, 0.1) is 12.8 Å². The van der Waals surface area contributed by atoms with Crippen LogP contribution in [0.1, 0.15) is 34.6 Å². The van der Waals surface area contributed by atoms with Crippen molar-refractivity contribution < 1.29 is 4.79 Å². The third kappa shape index (κ3) is 3.57. The summed E-state index contributed by atoms with van der Waals surface area (Å²) in [6.45, 7) is 3.43. The number of aromatic nitrogens is 3. The highest BCUT2D eigenvalue weighted by Gasteiger charge is 2.25. The normalized spacial score (nSPS) is 17.4. The summed E-state index contributed by atoms with van der Waals surface area (Å²) < 4.78 is 0. The van der Waals surface area contributed by atoms with Gasteiger partial charge < -0.3 is 4.90 Å². The van der Waals surface area contributed by atoms with Crippen molar-refractivity contribution in [2.24, 2.45) is 5.92 Å². The highest BCUT2D eigenvalue weighted by atomic mass is 16.2. The summed E-state index contributed by atoms with van der Waals surface area (Å²) in [5.41, 5.74) is 3.51. The lowest BCUT2D eigenvalue weighted by Gasteiger charge is -2.32. The predicted octanol–water partition coefficient (Wildman–Crippen LogP) is 3.43. The molecule has 0 N–H and O–H groups in total. The summed E-state index contributed by atoms with van der Waals surface area (Å²) in [5, 5.41) is 1.17. The lowest BCUT2D eigenvalue weighted by atomic mass is 9.91. The fraction of sp³-hybridized carbons (Fsp3) is 0.333. The molecule has 3 heterocycles. The van der Waals surface area contributed by atoms with Gasteiger partial charge in [0.25, 0.3) is 5.91 Å². The molecule has 26 heavy (non-hydrogen) atoms. The maximum absolute atomic E-state index is 12.7. The Hall–Kier alpha value is -2.82. The molecule has 132 valence electrons. The number of nitrogens with zero attached hydrogens (tertiary/aromatic N) is 4. The number of para-hydroxylation sites is 1. The van der Waals surface area contributed by atoms with Crippen molar-refractivity contribution in [3.63, 3.8) is 0 Å². The molecule has 5 heteroatoms. The van der Waals surface area contributed by atoms with E-state index in [0.717, 1.165) is 43.6 Å². The number of likely N-dealkylation sites (tertiary alicyclic amines) is 1. The molecule has 5 nitrogen and oxygen atoms in total. The van der Waals surface area contributed by atoms with Gasteiger partial charge in [0.15, 0.2) is 0 Å². The van der Waals surface area contributed by atoms with Gasteiger partial charge in [-0.2, -0.15) is 0 Å². The number of fused-ring (bicyclic) bond motifs is 1. The zero-order chi connectivity index (χ0) is 17.9. The molecule has 0 bridgehead atoms. The average Bonchev–Trinajstić information content (AvgIpc) is 2.68. The molecule has 1 amide bonds. The third-order valence-corrected chi connectivity index (χ3v) is 4.98. The number of benzene rings is 1. The van der Waals surface area contributed by atoms with Crippen LogP contribution >= 0.6 is 0 Å². The number of rotatable bonds is 3. The molecule has 1 saturated heterocycles. The van der Waals surface area contributed by atoms with Crippen LogP contribution in [0.15, 0.2) is 48.9 Å². The van der Waals surface area contributed by atoms with Gasteiger partial charge in [0.05, 0.1) is 17.4 Å². The van der Waals surface area contributed by atoms with Gasteiger partial charge in [-0.1, -0.05) is 18.2 Å². The molecule has 2 aromatic heterocycles. The lowest BCUT2D eigenvalue weighted by molar-refractivity contribution is 0.0667. The number of pyridine rings is 1. The molecule has 1 fully saturated rings. The van der Waals surface area contributed by atoms with Crippen molar-refractivity contribution in [2.75, 3.05) is 13.1 Å². The molecule has 3 aromatic rings. The Bertz CT molecular complexity index is 923. The Balaban J connectivity index is 1.45. The molecular formula is C21H22N4O. The van der Waals surface area contributed by atoms with E-state index in [-0.39, 0.29) is 5.91 Å². The molecule has 0 radical (unpaired) electrons. The van der Waals surface area contributed by atoms with E-state index in [1.54, 1.807) is 12.4 Å². The zero-order valence-corrected chi connectivity index (χ0v) is 14.9. The third-order valence-electron chi connectivity index (χ3n) is 4.98. The number of hydrogen-bond acceptors (Lipinski definition) is 4. The Kier molecular flexibility index (Phi) is 4.61. The molecule has 1 aliphatic heterocycles. The van der Waals surface area contributed by atoms with E-state index in [1.165, 1.54) is 10.9 Å². The van der Waals surface area contributed by atoms with Crippen molar-refractivity contribution in [1.29, 1.82) is 0 Å². The summed E-state index contributed by atoms with van der Waals surface area (Å²) in [6, 6.07) is 10.4. The second kappa shape index (κ2) is 7.20. The van der Waals surface area contributed by atoms with Crippen LogP contribution < -0.4 is 0 Å². The average molecular weight is 346 g/mol.